The first-order valence-electron chi connectivity index (χ1n) is 8.89. The number of amides is 1. The van der Waals surface area contributed by atoms with Crippen molar-refractivity contribution < 1.29 is 4.79 Å². The lowest BCUT2D eigenvalue weighted by atomic mass is 9.85. The molecule has 3 heteroatoms. The Bertz CT molecular complexity index is 846. The van der Waals surface area contributed by atoms with E-state index < -0.39 is 0 Å². The molecular formula is C23H24N2O. The van der Waals surface area contributed by atoms with Crippen LogP contribution in [-0.4, -0.2) is 22.8 Å². The molecule has 2 aromatic carbocycles. The highest BCUT2D eigenvalue weighted by Crippen LogP contribution is 2.30. The largest absolute Gasteiger partial charge is 0.340 e. The van der Waals surface area contributed by atoms with Crippen molar-refractivity contribution in [1.82, 2.24) is 9.88 Å². The van der Waals surface area contributed by atoms with E-state index in [1.165, 1.54) is 16.7 Å². The molecule has 0 aliphatic rings. The SMILES string of the molecule is Cc1ccccc1[C@@H](CC(=O)N(C)Cc1ccccn1)c1ccccc1. The van der Waals surface area contributed by atoms with Crippen molar-refractivity contribution in [2.24, 2.45) is 0 Å². The topological polar surface area (TPSA) is 33.2 Å². The quantitative estimate of drug-likeness (QED) is 0.656. The molecule has 1 aromatic heterocycles. The van der Waals surface area contributed by atoms with Gasteiger partial charge in [-0.05, 0) is 35.7 Å². The first-order valence-corrected chi connectivity index (χ1v) is 8.89. The van der Waals surface area contributed by atoms with Crippen LogP contribution >= 0.6 is 0 Å². The third kappa shape index (κ3) is 4.37. The van der Waals surface area contributed by atoms with Crippen LogP contribution in [0.5, 0.6) is 0 Å². The molecule has 0 aliphatic carbocycles. The molecule has 0 unspecified atom stereocenters. The van der Waals surface area contributed by atoms with E-state index in [4.69, 9.17) is 0 Å². The van der Waals surface area contributed by atoms with E-state index in [1.807, 2.05) is 55.6 Å². The number of hydrogen-bond acceptors (Lipinski definition) is 2. The van der Waals surface area contributed by atoms with Gasteiger partial charge in [0.25, 0.3) is 0 Å². The Morgan fingerprint density at radius 3 is 2.35 bits per heavy atom. The molecule has 0 saturated heterocycles. The molecule has 3 aromatic rings. The maximum Gasteiger partial charge on any atom is 0.223 e. The second-order valence-electron chi connectivity index (χ2n) is 6.59. The number of benzene rings is 2. The normalized spacial score (nSPS) is 11.8. The lowest BCUT2D eigenvalue weighted by molar-refractivity contribution is -0.130. The average molecular weight is 344 g/mol. The molecule has 0 saturated carbocycles. The fourth-order valence-electron chi connectivity index (χ4n) is 3.22. The summed E-state index contributed by atoms with van der Waals surface area (Å²) >= 11 is 0. The summed E-state index contributed by atoms with van der Waals surface area (Å²) in [5.41, 5.74) is 4.48. The number of carbonyl (C=O) groups is 1. The maximum absolute atomic E-state index is 12.9. The van der Waals surface area contributed by atoms with Crippen molar-refractivity contribution in [3.8, 4) is 0 Å². The molecule has 1 atom stereocenters. The molecule has 0 spiro atoms. The number of carbonyl (C=O) groups excluding carboxylic acids is 1. The molecule has 0 radical (unpaired) electrons. The van der Waals surface area contributed by atoms with E-state index in [9.17, 15) is 4.79 Å². The summed E-state index contributed by atoms with van der Waals surface area (Å²) in [6.07, 6.45) is 2.20. The van der Waals surface area contributed by atoms with Crippen molar-refractivity contribution >= 4 is 5.91 Å². The third-order valence-corrected chi connectivity index (χ3v) is 4.70. The van der Waals surface area contributed by atoms with Gasteiger partial charge in [-0.3, -0.25) is 9.78 Å². The number of rotatable bonds is 6. The summed E-state index contributed by atoms with van der Waals surface area (Å²) in [6, 6.07) is 24.4. The highest BCUT2D eigenvalue weighted by atomic mass is 16.2. The number of pyridine rings is 1. The Hall–Kier alpha value is -2.94. The standard InChI is InChI=1S/C23H24N2O/c1-18-10-6-7-14-21(18)22(19-11-4-3-5-12-19)16-23(26)25(2)17-20-13-8-9-15-24-20/h3-15,22H,16-17H2,1-2H3/t22-/m0/s1. The monoisotopic (exact) mass is 344 g/mol. The van der Waals surface area contributed by atoms with Gasteiger partial charge in [0.1, 0.15) is 0 Å². The van der Waals surface area contributed by atoms with Gasteiger partial charge in [0.05, 0.1) is 12.2 Å². The summed E-state index contributed by atoms with van der Waals surface area (Å²) in [4.78, 5) is 19.0. The Morgan fingerprint density at radius 2 is 1.65 bits per heavy atom. The smallest absolute Gasteiger partial charge is 0.223 e. The van der Waals surface area contributed by atoms with E-state index >= 15 is 0 Å². The Balaban J connectivity index is 1.82. The minimum absolute atomic E-state index is 0.0519. The van der Waals surface area contributed by atoms with E-state index in [-0.39, 0.29) is 11.8 Å². The summed E-state index contributed by atoms with van der Waals surface area (Å²) in [5, 5.41) is 0. The number of hydrogen-bond donors (Lipinski definition) is 0. The van der Waals surface area contributed by atoms with Crippen molar-refractivity contribution in [3.63, 3.8) is 0 Å². The number of aryl methyl sites for hydroxylation is 1. The summed E-state index contributed by atoms with van der Waals surface area (Å²) in [5.74, 6) is 0.170. The molecule has 0 aliphatic heterocycles. The lowest BCUT2D eigenvalue weighted by Gasteiger charge is -2.23. The second kappa shape index (κ2) is 8.43. The Kier molecular flexibility index (Phi) is 5.80. The molecule has 1 heterocycles. The predicted octanol–water partition coefficient (Wildman–Crippen LogP) is 4.57. The molecule has 3 nitrogen and oxygen atoms in total. The van der Waals surface area contributed by atoms with Gasteiger partial charge in [0.15, 0.2) is 0 Å². The van der Waals surface area contributed by atoms with Crippen LogP contribution in [-0.2, 0) is 11.3 Å². The molecule has 0 bridgehead atoms. The Labute approximate surface area is 155 Å². The second-order valence-corrected chi connectivity index (χ2v) is 6.59. The third-order valence-electron chi connectivity index (χ3n) is 4.70. The Morgan fingerprint density at radius 1 is 0.962 bits per heavy atom. The minimum atomic E-state index is 0.0519. The van der Waals surface area contributed by atoms with Crippen LogP contribution in [0.3, 0.4) is 0 Å². The van der Waals surface area contributed by atoms with Gasteiger partial charge in [0.2, 0.25) is 5.91 Å². The maximum atomic E-state index is 12.9. The van der Waals surface area contributed by atoms with Crippen LogP contribution in [0, 0.1) is 6.92 Å². The molecule has 3 rings (SSSR count). The zero-order valence-electron chi connectivity index (χ0n) is 15.3. The molecular weight excluding hydrogens is 320 g/mol. The van der Waals surface area contributed by atoms with Crippen LogP contribution in [0.2, 0.25) is 0 Å². The van der Waals surface area contributed by atoms with Gasteiger partial charge >= 0.3 is 0 Å². The molecule has 0 N–H and O–H groups in total. The average Bonchev–Trinajstić information content (AvgIpc) is 2.68. The molecule has 0 fully saturated rings. The van der Waals surface area contributed by atoms with Gasteiger partial charge in [0, 0.05) is 25.6 Å². The molecule has 132 valence electrons. The zero-order valence-corrected chi connectivity index (χ0v) is 15.3. The highest BCUT2D eigenvalue weighted by Gasteiger charge is 2.21. The summed E-state index contributed by atoms with van der Waals surface area (Å²) in [6.45, 7) is 2.63. The zero-order chi connectivity index (χ0) is 18.4. The summed E-state index contributed by atoms with van der Waals surface area (Å²) < 4.78 is 0. The number of aromatic nitrogens is 1. The van der Waals surface area contributed by atoms with Gasteiger partial charge in [-0.2, -0.15) is 0 Å². The predicted molar refractivity (Wildman–Crippen MR) is 105 cm³/mol. The minimum Gasteiger partial charge on any atom is -0.340 e. The van der Waals surface area contributed by atoms with Crippen LogP contribution in [0.15, 0.2) is 79.0 Å². The van der Waals surface area contributed by atoms with Gasteiger partial charge in [-0.15, -0.1) is 0 Å². The van der Waals surface area contributed by atoms with Crippen molar-refractivity contribution in [1.29, 1.82) is 0 Å². The van der Waals surface area contributed by atoms with Gasteiger partial charge in [-0.1, -0.05) is 60.7 Å². The van der Waals surface area contributed by atoms with Crippen LogP contribution in [0.25, 0.3) is 0 Å². The fourth-order valence-corrected chi connectivity index (χ4v) is 3.22. The number of nitrogens with zero attached hydrogens (tertiary/aromatic N) is 2. The lowest BCUT2D eigenvalue weighted by Crippen LogP contribution is -2.28. The van der Waals surface area contributed by atoms with E-state index in [2.05, 4.69) is 36.2 Å². The van der Waals surface area contributed by atoms with Crippen molar-refractivity contribution in [3.05, 3.63) is 101 Å². The highest BCUT2D eigenvalue weighted by molar-refractivity contribution is 5.77. The van der Waals surface area contributed by atoms with Gasteiger partial charge < -0.3 is 4.90 Å². The summed E-state index contributed by atoms with van der Waals surface area (Å²) in [7, 11) is 1.84. The first kappa shape index (κ1) is 17.9. The van der Waals surface area contributed by atoms with Crippen LogP contribution in [0.4, 0.5) is 0 Å². The fraction of sp³-hybridized carbons (Fsp3) is 0.217. The van der Waals surface area contributed by atoms with Gasteiger partial charge in [-0.25, -0.2) is 0 Å². The van der Waals surface area contributed by atoms with Crippen molar-refractivity contribution in [2.75, 3.05) is 7.05 Å². The molecule has 26 heavy (non-hydrogen) atoms. The van der Waals surface area contributed by atoms with Crippen LogP contribution in [0.1, 0.15) is 34.7 Å². The van der Waals surface area contributed by atoms with Crippen LogP contribution < -0.4 is 0 Å². The first-order chi connectivity index (χ1) is 12.6. The van der Waals surface area contributed by atoms with E-state index in [0.717, 1.165) is 5.69 Å². The molecule has 1 amide bonds. The van der Waals surface area contributed by atoms with Crippen molar-refractivity contribution in [2.45, 2.75) is 25.8 Å². The van der Waals surface area contributed by atoms with E-state index in [1.54, 1.807) is 11.1 Å². The van der Waals surface area contributed by atoms with E-state index in [0.29, 0.717) is 13.0 Å².